The first-order valence-electron chi connectivity index (χ1n) is 11.9. The summed E-state index contributed by atoms with van der Waals surface area (Å²) in [6.45, 7) is 3.48. The van der Waals surface area contributed by atoms with Crippen LogP contribution in [0.4, 0.5) is 13.2 Å². The van der Waals surface area contributed by atoms with Crippen LogP contribution in [-0.4, -0.2) is 29.1 Å². The molecule has 0 spiro atoms. The van der Waals surface area contributed by atoms with Crippen molar-refractivity contribution in [3.8, 4) is 0 Å². The van der Waals surface area contributed by atoms with Crippen LogP contribution in [0.2, 0.25) is 5.02 Å². The zero-order valence-electron chi connectivity index (χ0n) is 20.3. The molecule has 1 atom stereocenters. The van der Waals surface area contributed by atoms with Crippen molar-refractivity contribution in [2.45, 2.75) is 38.4 Å². The molecule has 0 fully saturated rings. The van der Waals surface area contributed by atoms with Gasteiger partial charge in [0.2, 0.25) is 0 Å². The summed E-state index contributed by atoms with van der Waals surface area (Å²) in [5.41, 5.74) is 2.06. The molecule has 0 aliphatic carbocycles. The van der Waals surface area contributed by atoms with Gasteiger partial charge in [0.25, 0.3) is 0 Å². The minimum absolute atomic E-state index is 0.0701. The molecular formula is C29H27ClF3NO3. The fourth-order valence-corrected chi connectivity index (χ4v) is 4.79. The van der Waals surface area contributed by atoms with Crippen LogP contribution >= 0.6 is 11.6 Å². The number of nitrogens with zero attached hydrogens (tertiary/aromatic N) is 1. The summed E-state index contributed by atoms with van der Waals surface area (Å²) in [5.74, 6) is -0.0468. The zero-order chi connectivity index (χ0) is 26.6. The number of halogens is 4. The second-order valence-corrected chi connectivity index (χ2v) is 9.61. The van der Waals surface area contributed by atoms with E-state index in [-0.39, 0.29) is 23.9 Å². The van der Waals surface area contributed by atoms with Crippen molar-refractivity contribution in [3.05, 3.63) is 106 Å². The Balaban J connectivity index is 1.55. The van der Waals surface area contributed by atoms with Crippen molar-refractivity contribution in [2.75, 3.05) is 13.1 Å². The molecule has 194 valence electrons. The molecule has 0 aliphatic heterocycles. The first-order valence-corrected chi connectivity index (χ1v) is 12.3. The van der Waals surface area contributed by atoms with E-state index in [1.165, 1.54) is 6.07 Å². The highest BCUT2D eigenvalue weighted by Crippen LogP contribution is 2.36. The third-order valence-electron chi connectivity index (χ3n) is 6.34. The Morgan fingerprint density at radius 3 is 2.51 bits per heavy atom. The Kier molecular flexibility index (Phi) is 8.25. The van der Waals surface area contributed by atoms with Crippen molar-refractivity contribution in [1.82, 2.24) is 4.90 Å². The number of carboxylic acid groups (broad SMARTS) is 1. The van der Waals surface area contributed by atoms with Gasteiger partial charge in [-0.3, -0.25) is 9.69 Å². The summed E-state index contributed by atoms with van der Waals surface area (Å²) in [6, 6.07) is 21.1. The molecule has 4 rings (SSSR count). The van der Waals surface area contributed by atoms with Crippen molar-refractivity contribution >= 4 is 28.5 Å². The molecule has 0 radical (unpaired) electrons. The maximum absolute atomic E-state index is 13.4. The molecule has 37 heavy (non-hydrogen) atoms. The van der Waals surface area contributed by atoms with Crippen LogP contribution < -0.4 is 0 Å². The Labute approximate surface area is 218 Å². The Bertz CT molecular complexity index is 1370. The number of benzene rings is 3. The van der Waals surface area contributed by atoms with Crippen LogP contribution in [0.5, 0.6) is 0 Å². The molecule has 1 N–H and O–H groups in total. The van der Waals surface area contributed by atoms with E-state index in [4.69, 9.17) is 21.1 Å². The predicted octanol–water partition coefficient (Wildman–Crippen LogP) is 7.58. The van der Waals surface area contributed by atoms with Gasteiger partial charge >= 0.3 is 12.1 Å². The Morgan fingerprint density at radius 1 is 1.05 bits per heavy atom. The molecule has 1 aromatic heterocycles. The summed E-state index contributed by atoms with van der Waals surface area (Å²) >= 11 is 6.21. The maximum atomic E-state index is 13.4. The van der Waals surface area contributed by atoms with Crippen LogP contribution in [0.15, 0.2) is 77.2 Å². The predicted molar refractivity (Wildman–Crippen MR) is 138 cm³/mol. The SMILES string of the molecule is C[C@@H](CN(CCc1cc2cc(CC(=O)O)ccc2o1)Cc1cccc(C(F)(F)F)c1Cl)c1ccccc1. The topological polar surface area (TPSA) is 53.7 Å². The Morgan fingerprint density at radius 2 is 1.81 bits per heavy atom. The number of hydrogen-bond donors (Lipinski definition) is 1. The second kappa shape index (κ2) is 11.4. The van der Waals surface area contributed by atoms with E-state index in [0.29, 0.717) is 36.2 Å². The summed E-state index contributed by atoms with van der Waals surface area (Å²) in [4.78, 5) is 13.1. The lowest BCUT2D eigenvalue weighted by Crippen LogP contribution is -2.30. The average molecular weight is 530 g/mol. The molecule has 8 heteroatoms. The standard InChI is InChI=1S/C29H27ClF3NO3/c1-19(21-6-3-2-4-7-21)17-34(18-22-8-5-9-25(28(22)30)29(31,32)33)13-12-24-16-23-14-20(15-27(35)36)10-11-26(23)37-24/h2-11,14,16,19H,12-13,15,17-18H2,1H3,(H,35,36)/t19-/m0/s1. The van der Waals surface area contributed by atoms with Gasteiger partial charge in [0.1, 0.15) is 11.3 Å². The minimum atomic E-state index is -4.52. The summed E-state index contributed by atoms with van der Waals surface area (Å²) in [6.07, 6.45) is -4.07. The highest BCUT2D eigenvalue weighted by molar-refractivity contribution is 6.32. The molecule has 4 nitrogen and oxygen atoms in total. The highest BCUT2D eigenvalue weighted by atomic mass is 35.5. The quantitative estimate of drug-likeness (QED) is 0.230. The number of furan rings is 1. The van der Waals surface area contributed by atoms with E-state index in [2.05, 4.69) is 11.8 Å². The van der Waals surface area contributed by atoms with Gasteiger partial charge in [0.05, 0.1) is 17.0 Å². The van der Waals surface area contributed by atoms with Crippen molar-refractivity contribution in [1.29, 1.82) is 0 Å². The molecule has 0 amide bonds. The van der Waals surface area contributed by atoms with Crippen molar-refractivity contribution < 1.29 is 27.5 Å². The van der Waals surface area contributed by atoms with E-state index < -0.39 is 17.7 Å². The molecule has 3 aromatic carbocycles. The number of carboxylic acids is 1. The van der Waals surface area contributed by atoms with Gasteiger partial charge < -0.3 is 9.52 Å². The number of hydrogen-bond acceptors (Lipinski definition) is 3. The lowest BCUT2D eigenvalue weighted by Gasteiger charge is -2.27. The zero-order valence-corrected chi connectivity index (χ0v) is 21.0. The fraction of sp³-hybridized carbons (Fsp3) is 0.276. The summed E-state index contributed by atoms with van der Waals surface area (Å²) in [7, 11) is 0. The van der Waals surface area contributed by atoms with Crippen LogP contribution in [0.25, 0.3) is 11.0 Å². The molecule has 1 heterocycles. The van der Waals surface area contributed by atoms with Gasteiger partial charge in [-0.15, -0.1) is 0 Å². The molecular weight excluding hydrogens is 503 g/mol. The van der Waals surface area contributed by atoms with Crippen molar-refractivity contribution in [3.63, 3.8) is 0 Å². The number of rotatable bonds is 10. The van der Waals surface area contributed by atoms with E-state index in [1.54, 1.807) is 24.3 Å². The third-order valence-corrected chi connectivity index (χ3v) is 6.79. The minimum Gasteiger partial charge on any atom is -0.481 e. The smallest absolute Gasteiger partial charge is 0.417 e. The normalized spacial score (nSPS) is 12.8. The van der Waals surface area contributed by atoms with E-state index in [1.807, 2.05) is 36.4 Å². The van der Waals surface area contributed by atoms with E-state index in [9.17, 15) is 18.0 Å². The van der Waals surface area contributed by atoms with Crippen LogP contribution in [0.3, 0.4) is 0 Å². The monoisotopic (exact) mass is 529 g/mol. The number of alkyl halides is 3. The highest BCUT2D eigenvalue weighted by Gasteiger charge is 2.34. The van der Waals surface area contributed by atoms with Gasteiger partial charge in [0, 0.05) is 31.4 Å². The summed E-state index contributed by atoms with van der Waals surface area (Å²) in [5, 5.41) is 9.59. The van der Waals surface area contributed by atoms with Crippen LogP contribution in [-0.2, 0) is 30.4 Å². The van der Waals surface area contributed by atoms with Gasteiger partial charge in [-0.2, -0.15) is 13.2 Å². The molecule has 0 unspecified atom stereocenters. The maximum Gasteiger partial charge on any atom is 0.417 e. The first kappa shape index (κ1) is 26.8. The molecule has 4 aromatic rings. The van der Waals surface area contributed by atoms with Crippen LogP contribution in [0.1, 0.15) is 40.9 Å². The molecule has 0 aliphatic rings. The van der Waals surface area contributed by atoms with Crippen LogP contribution in [0, 0.1) is 0 Å². The van der Waals surface area contributed by atoms with Gasteiger partial charge in [-0.05, 0) is 46.9 Å². The first-order chi connectivity index (χ1) is 17.6. The van der Waals surface area contributed by atoms with Gasteiger partial charge in [-0.25, -0.2) is 0 Å². The number of aliphatic carboxylic acids is 1. The summed E-state index contributed by atoms with van der Waals surface area (Å²) < 4.78 is 46.2. The lowest BCUT2D eigenvalue weighted by molar-refractivity contribution is -0.138. The lowest BCUT2D eigenvalue weighted by atomic mass is 10.00. The molecule has 0 saturated heterocycles. The largest absolute Gasteiger partial charge is 0.481 e. The Hall–Kier alpha value is -3.29. The second-order valence-electron chi connectivity index (χ2n) is 9.23. The van der Waals surface area contributed by atoms with E-state index >= 15 is 0 Å². The van der Waals surface area contributed by atoms with Gasteiger partial charge in [-0.1, -0.05) is 67.1 Å². The van der Waals surface area contributed by atoms with Crippen molar-refractivity contribution in [2.24, 2.45) is 0 Å². The number of fused-ring (bicyclic) bond motifs is 1. The van der Waals surface area contributed by atoms with E-state index in [0.717, 1.165) is 22.8 Å². The average Bonchev–Trinajstić information content (AvgIpc) is 3.25. The van der Waals surface area contributed by atoms with Gasteiger partial charge in [0.15, 0.2) is 0 Å². The molecule has 0 bridgehead atoms. The molecule has 0 saturated carbocycles. The third kappa shape index (κ3) is 6.93. The fourth-order valence-electron chi connectivity index (χ4n) is 4.49. The number of carbonyl (C=O) groups is 1.